The van der Waals surface area contributed by atoms with Crippen LogP contribution in [-0.4, -0.2) is 50.7 Å². The van der Waals surface area contributed by atoms with Gasteiger partial charge in [-0.15, -0.1) is 0 Å². The van der Waals surface area contributed by atoms with Crippen LogP contribution in [0.1, 0.15) is 18.4 Å². The van der Waals surface area contributed by atoms with E-state index in [1.165, 1.54) is 0 Å². The van der Waals surface area contributed by atoms with E-state index in [2.05, 4.69) is 9.62 Å². The molecule has 0 amide bonds. The Labute approximate surface area is 120 Å². The lowest BCUT2D eigenvalue weighted by atomic mass is 10.1. The van der Waals surface area contributed by atoms with E-state index in [-0.39, 0.29) is 6.10 Å². The number of hydrogen-bond donors (Lipinski definition) is 2. The molecule has 1 saturated heterocycles. The number of hydrogen-bond acceptors (Lipinski definition) is 4. The molecule has 1 aliphatic heterocycles. The van der Waals surface area contributed by atoms with E-state index in [1.807, 2.05) is 6.92 Å². The standard InChI is InChI=1S/C14H22N2O3S/c1-12-4-6-14(7-5-12)20(18,19)15-8-10-16-9-2-3-13(17)11-16/h4-7,13,15,17H,2-3,8-11H2,1H3. The summed E-state index contributed by atoms with van der Waals surface area (Å²) in [5.74, 6) is 0. The summed E-state index contributed by atoms with van der Waals surface area (Å²) in [6.45, 7) is 4.46. The van der Waals surface area contributed by atoms with Gasteiger partial charge < -0.3 is 5.11 Å². The molecule has 5 nitrogen and oxygen atoms in total. The lowest BCUT2D eigenvalue weighted by molar-refractivity contribution is 0.0720. The highest BCUT2D eigenvalue weighted by molar-refractivity contribution is 7.89. The molecule has 112 valence electrons. The van der Waals surface area contributed by atoms with Crippen LogP contribution in [-0.2, 0) is 10.0 Å². The van der Waals surface area contributed by atoms with Gasteiger partial charge in [0.05, 0.1) is 11.0 Å². The lowest BCUT2D eigenvalue weighted by Crippen LogP contribution is -2.42. The Balaban J connectivity index is 1.85. The molecule has 0 spiro atoms. The Kier molecular flexibility index (Phi) is 5.15. The Bertz CT molecular complexity index is 528. The molecule has 1 aromatic carbocycles. The fourth-order valence-electron chi connectivity index (χ4n) is 2.37. The molecule has 0 aliphatic carbocycles. The van der Waals surface area contributed by atoms with Crippen LogP contribution >= 0.6 is 0 Å². The Hall–Kier alpha value is -0.950. The number of piperidine rings is 1. The van der Waals surface area contributed by atoms with E-state index in [0.717, 1.165) is 24.9 Å². The molecule has 1 heterocycles. The topological polar surface area (TPSA) is 69.6 Å². The summed E-state index contributed by atoms with van der Waals surface area (Å²) in [4.78, 5) is 2.38. The molecule has 1 aliphatic rings. The second-order valence-electron chi connectivity index (χ2n) is 5.31. The highest BCUT2D eigenvalue weighted by Crippen LogP contribution is 2.11. The minimum Gasteiger partial charge on any atom is -0.392 e. The Morgan fingerprint density at radius 2 is 2.05 bits per heavy atom. The predicted molar refractivity (Wildman–Crippen MR) is 78.0 cm³/mol. The predicted octanol–water partition coefficient (Wildman–Crippen LogP) is 0.730. The van der Waals surface area contributed by atoms with Crippen molar-refractivity contribution in [2.24, 2.45) is 0 Å². The van der Waals surface area contributed by atoms with E-state index < -0.39 is 10.0 Å². The van der Waals surface area contributed by atoms with Gasteiger partial charge in [0.15, 0.2) is 0 Å². The second kappa shape index (κ2) is 6.67. The summed E-state index contributed by atoms with van der Waals surface area (Å²) >= 11 is 0. The molecule has 0 radical (unpaired) electrons. The molecule has 1 fully saturated rings. The smallest absolute Gasteiger partial charge is 0.240 e. The number of aryl methyl sites for hydroxylation is 1. The number of nitrogens with zero attached hydrogens (tertiary/aromatic N) is 1. The average Bonchev–Trinajstić information content (AvgIpc) is 2.39. The lowest BCUT2D eigenvalue weighted by Gasteiger charge is -2.29. The molecule has 2 N–H and O–H groups in total. The molecule has 2 rings (SSSR count). The maximum Gasteiger partial charge on any atom is 0.240 e. The molecule has 6 heteroatoms. The van der Waals surface area contributed by atoms with Crippen molar-refractivity contribution >= 4 is 10.0 Å². The van der Waals surface area contributed by atoms with Crippen LogP contribution in [0.15, 0.2) is 29.2 Å². The monoisotopic (exact) mass is 298 g/mol. The highest BCUT2D eigenvalue weighted by atomic mass is 32.2. The SMILES string of the molecule is Cc1ccc(S(=O)(=O)NCCN2CCCC(O)C2)cc1. The normalized spacial score (nSPS) is 21.0. The van der Waals surface area contributed by atoms with Crippen molar-refractivity contribution in [3.63, 3.8) is 0 Å². The molecule has 1 aromatic rings. The first-order valence-electron chi connectivity index (χ1n) is 6.94. The van der Waals surface area contributed by atoms with Crippen molar-refractivity contribution in [2.45, 2.75) is 30.8 Å². The van der Waals surface area contributed by atoms with Crippen molar-refractivity contribution < 1.29 is 13.5 Å². The zero-order valence-electron chi connectivity index (χ0n) is 11.7. The first kappa shape index (κ1) is 15.4. The summed E-state index contributed by atoms with van der Waals surface area (Å²) in [6, 6.07) is 6.80. The largest absolute Gasteiger partial charge is 0.392 e. The maximum atomic E-state index is 12.1. The van der Waals surface area contributed by atoms with Gasteiger partial charge in [-0.1, -0.05) is 17.7 Å². The van der Waals surface area contributed by atoms with Crippen molar-refractivity contribution in [1.82, 2.24) is 9.62 Å². The van der Waals surface area contributed by atoms with Crippen molar-refractivity contribution in [3.05, 3.63) is 29.8 Å². The molecule has 20 heavy (non-hydrogen) atoms. The van der Waals surface area contributed by atoms with E-state index in [9.17, 15) is 13.5 Å². The zero-order valence-corrected chi connectivity index (χ0v) is 12.6. The first-order chi connectivity index (χ1) is 9.47. The summed E-state index contributed by atoms with van der Waals surface area (Å²) in [6.07, 6.45) is 1.52. The van der Waals surface area contributed by atoms with Crippen LogP contribution in [0.5, 0.6) is 0 Å². The van der Waals surface area contributed by atoms with Crippen LogP contribution in [0.3, 0.4) is 0 Å². The van der Waals surface area contributed by atoms with Crippen LogP contribution in [0.4, 0.5) is 0 Å². The zero-order chi connectivity index (χ0) is 14.6. The summed E-state index contributed by atoms with van der Waals surface area (Å²) in [5, 5.41) is 9.56. The van der Waals surface area contributed by atoms with Gasteiger partial charge in [0.25, 0.3) is 0 Å². The number of β-amino-alcohol motifs (C(OH)–C–C–N with tert-alkyl or cyclic N) is 1. The number of aliphatic hydroxyl groups is 1. The van der Waals surface area contributed by atoms with Gasteiger partial charge in [-0.05, 0) is 38.4 Å². The van der Waals surface area contributed by atoms with E-state index >= 15 is 0 Å². The van der Waals surface area contributed by atoms with Gasteiger partial charge >= 0.3 is 0 Å². The van der Waals surface area contributed by atoms with E-state index in [1.54, 1.807) is 24.3 Å². The molecular weight excluding hydrogens is 276 g/mol. The summed E-state index contributed by atoms with van der Waals surface area (Å²) in [7, 11) is -3.43. The quantitative estimate of drug-likeness (QED) is 0.841. The number of benzene rings is 1. The van der Waals surface area contributed by atoms with Gasteiger partial charge in [-0.2, -0.15) is 0 Å². The van der Waals surface area contributed by atoms with E-state index in [0.29, 0.717) is 24.5 Å². The van der Waals surface area contributed by atoms with Gasteiger partial charge in [0.1, 0.15) is 0 Å². The minimum absolute atomic E-state index is 0.280. The van der Waals surface area contributed by atoms with Gasteiger partial charge in [0.2, 0.25) is 10.0 Å². The number of aliphatic hydroxyl groups excluding tert-OH is 1. The Morgan fingerprint density at radius 3 is 2.70 bits per heavy atom. The third-order valence-electron chi connectivity index (χ3n) is 3.53. The summed E-state index contributed by atoms with van der Waals surface area (Å²) < 4.78 is 26.7. The molecule has 1 atom stereocenters. The van der Waals surface area contributed by atoms with E-state index in [4.69, 9.17) is 0 Å². The third kappa shape index (κ3) is 4.28. The number of nitrogens with one attached hydrogen (secondary N) is 1. The molecule has 0 aromatic heterocycles. The number of rotatable bonds is 5. The van der Waals surface area contributed by atoms with Gasteiger partial charge in [-0.25, -0.2) is 13.1 Å². The van der Waals surface area contributed by atoms with Crippen molar-refractivity contribution in [2.75, 3.05) is 26.2 Å². The van der Waals surface area contributed by atoms with Crippen molar-refractivity contribution in [1.29, 1.82) is 0 Å². The molecular formula is C14H22N2O3S. The Morgan fingerprint density at radius 1 is 1.35 bits per heavy atom. The molecule has 1 unspecified atom stereocenters. The van der Waals surface area contributed by atoms with Crippen LogP contribution in [0, 0.1) is 6.92 Å². The minimum atomic E-state index is -3.43. The second-order valence-corrected chi connectivity index (χ2v) is 7.07. The van der Waals surface area contributed by atoms with Gasteiger partial charge in [0, 0.05) is 19.6 Å². The molecule has 0 saturated carbocycles. The average molecular weight is 298 g/mol. The van der Waals surface area contributed by atoms with Gasteiger partial charge in [-0.3, -0.25) is 4.90 Å². The summed E-state index contributed by atoms with van der Waals surface area (Å²) in [5.41, 5.74) is 1.03. The fraction of sp³-hybridized carbons (Fsp3) is 0.571. The van der Waals surface area contributed by atoms with Crippen molar-refractivity contribution in [3.8, 4) is 0 Å². The fourth-order valence-corrected chi connectivity index (χ4v) is 3.39. The third-order valence-corrected chi connectivity index (χ3v) is 5.01. The van der Waals surface area contributed by atoms with Crippen LogP contribution < -0.4 is 4.72 Å². The van der Waals surface area contributed by atoms with Crippen LogP contribution in [0.25, 0.3) is 0 Å². The number of likely N-dealkylation sites (tertiary alicyclic amines) is 1. The molecule has 0 bridgehead atoms. The highest BCUT2D eigenvalue weighted by Gasteiger charge is 2.18. The number of sulfonamides is 1. The van der Waals surface area contributed by atoms with Crippen LogP contribution in [0.2, 0.25) is 0 Å². The maximum absolute atomic E-state index is 12.1. The first-order valence-corrected chi connectivity index (χ1v) is 8.42.